The second kappa shape index (κ2) is 4.28. The molecule has 2 radical (unpaired) electrons. The summed E-state index contributed by atoms with van der Waals surface area (Å²) >= 11 is 0. The first-order valence-corrected chi connectivity index (χ1v) is 5.36. The van der Waals surface area contributed by atoms with Crippen molar-refractivity contribution in [3.05, 3.63) is 29.8 Å². The number of aryl methyl sites for hydroxylation is 1. The molecule has 0 aliphatic carbocycles. The molecule has 0 fully saturated rings. The van der Waals surface area contributed by atoms with E-state index < -0.39 is 10.0 Å². The number of hydrazone groups is 1. The van der Waals surface area contributed by atoms with Gasteiger partial charge in [0.15, 0.2) is 0 Å². The van der Waals surface area contributed by atoms with Crippen LogP contribution in [0.5, 0.6) is 0 Å². The quantitative estimate of drug-likeness (QED) is 0.443. The van der Waals surface area contributed by atoms with Gasteiger partial charge in [-0.3, -0.25) is 0 Å². The monoisotopic (exact) mass is 208 g/mol. The van der Waals surface area contributed by atoms with Gasteiger partial charge >= 0.3 is 0 Å². The lowest BCUT2D eigenvalue weighted by atomic mass is 10.2. The highest BCUT2D eigenvalue weighted by atomic mass is 32.2. The van der Waals surface area contributed by atoms with Gasteiger partial charge < -0.3 is 0 Å². The lowest BCUT2D eigenvalue weighted by Crippen LogP contribution is -2.18. The minimum Gasteiger partial charge on any atom is -0.201 e. The molecule has 0 aromatic heterocycles. The predicted octanol–water partition coefficient (Wildman–Crippen LogP) is 0.385. The van der Waals surface area contributed by atoms with E-state index >= 15 is 0 Å². The van der Waals surface area contributed by atoms with Crippen molar-refractivity contribution in [3.8, 4) is 0 Å². The molecule has 0 amide bonds. The Hall–Kier alpha value is -1.30. The van der Waals surface area contributed by atoms with Crippen LogP contribution in [0.2, 0.25) is 0 Å². The molecule has 1 aromatic rings. The van der Waals surface area contributed by atoms with E-state index in [1.165, 1.54) is 12.1 Å². The number of hydrogen-bond donors (Lipinski definition) is 1. The third-order valence-electron chi connectivity index (χ3n) is 1.58. The maximum atomic E-state index is 11.4. The molecule has 0 aliphatic rings. The number of rotatable bonds is 3. The van der Waals surface area contributed by atoms with E-state index in [0.29, 0.717) is 0 Å². The summed E-state index contributed by atoms with van der Waals surface area (Å²) in [5.74, 6) is 0. The lowest BCUT2D eigenvalue weighted by Gasteiger charge is -2.02. The molecule has 4 nitrogen and oxygen atoms in total. The first-order chi connectivity index (χ1) is 6.56. The zero-order valence-corrected chi connectivity index (χ0v) is 8.45. The fraction of sp³-hybridized carbons (Fsp3) is 0.125. The highest BCUT2D eigenvalue weighted by molar-refractivity contribution is 7.89. The van der Waals surface area contributed by atoms with Crippen LogP contribution in [-0.4, -0.2) is 22.4 Å². The summed E-state index contributed by atoms with van der Waals surface area (Å²) in [5, 5.41) is 3.26. The lowest BCUT2D eigenvalue weighted by molar-refractivity contribution is 0.585. The Morgan fingerprint density at radius 1 is 1.36 bits per heavy atom. The van der Waals surface area contributed by atoms with Crippen molar-refractivity contribution in [1.29, 1.82) is 0 Å². The van der Waals surface area contributed by atoms with E-state index in [0.717, 1.165) is 11.7 Å². The second-order valence-electron chi connectivity index (χ2n) is 2.69. The molecular formula is C8H9BN2O2S. The van der Waals surface area contributed by atoms with Crippen molar-refractivity contribution >= 4 is 24.0 Å². The smallest absolute Gasteiger partial charge is 0.201 e. The van der Waals surface area contributed by atoms with E-state index in [-0.39, 0.29) is 4.90 Å². The highest BCUT2D eigenvalue weighted by Crippen LogP contribution is 2.09. The molecular weight excluding hydrogens is 199 g/mol. The van der Waals surface area contributed by atoms with Gasteiger partial charge in [-0.05, 0) is 25.2 Å². The van der Waals surface area contributed by atoms with Crippen molar-refractivity contribution in [1.82, 2.24) is 4.83 Å². The van der Waals surface area contributed by atoms with Gasteiger partial charge in [0.1, 0.15) is 7.85 Å². The standard InChI is InChI=1S/C8H9BN2O2S/c1-7-2-4-8(5-3-7)14(12,13)11-10-6-9/h2-6,11H,1H3. The fourth-order valence-electron chi connectivity index (χ4n) is 0.870. The molecule has 0 spiro atoms. The molecule has 1 aromatic carbocycles. The van der Waals surface area contributed by atoms with E-state index in [2.05, 4.69) is 5.10 Å². The summed E-state index contributed by atoms with van der Waals surface area (Å²) in [6.45, 7) is 1.88. The Morgan fingerprint density at radius 3 is 2.43 bits per heavy atom. The Kier molecular flexibility index (Phi) is 3.30. The minimum atomic E-state index is -3.57. The van der Waals surface area contributed by atoms with Gasteiger partial charge in [0.05, 0.1) is 4.90 Å². The van der Waals surface area contributed by atoms with Crippen LogP contribution in [0.1, 0.15) is 5.56 Å². The average Bonchev–Trinajstić information content (AvgIpc) is 2.16. The van der Waals surface area contributed by atoms with Gasteiger partial charge in [-0.2, -0.15) is 13.5 Å². The van der Waals surface area contributed by atoms with Crippen LogP contribution in [0.15, 0.2) is 34.3 Å². The number of sulfonamides is 1. The summed E-state index contributed by atoms with van der Waals surface area (Å²) < 4.78 is 22.8. The molecule has 14 heavy (non-hydrogen) atoms. The van der Waals surface area contributed by atoms with E-state index in [1.807, 2.05) is 11.8 Å². The Morgan fingerprint density at radius 2 is 1.93 bits per heavy atom. The van der Waals surface area contributed by atoms with Crippen molar-refractivity contribution in [3.63, 3.8) is 0 Å². The Bertz CT molecular complexity index is 425. The highest BCUT2D eigenvalue weighted by Gasteiger charge is 2.11. The summed E-state index contributed by atoms with van der Waals surface area (Å²) in [5.41, 5.74) is 0.992. The maximum absolute atomic E-state index is 11.4. The molecule has 0 aliphatic heterocycles. The number of nitrogens with one attached hydrogen (secondary N) is 1. The van der Waals surface area contributed by atoms with Crippen molar-refractivity contribution in [2.75, 3.05) is 0 Å². The van der Waals surface area contributed by atoms with Crippen LogP contribution in [0.25, 0.3) is 0 Å². The zero-order chi connectivity index (χ0) is 10.6. The molecule has 0 unspecified atom stereocenters. The van der Waals surface area contributed by atoms with E-state index in [1.54, 1.807) is 12.1 Å². The van der Waals surface area contributed by atoms with Crippen LogP contribution >= 0.6 is 0 Å². The molecule has 0 bridgehead atoms. The Labute approximate surface area is 84.5 Å². The van der Waals surface area contributed by atoms with Gasteiger partial charge in [-0.15, -0.1) is 0 Å². The van der Waals surface area contributed by atoms with Gasteiger partial charge in [-0.1, -0.05) is 17.7 Å². The maximum Gasteiger partial charge on any atom is 0.276 e. The topological polar surface area (TPSA) is 58.5 Å². The predicted molar refractivity (Wildman–Crippen MR) is 55.7 cm³/mol. The molecule has 0 saturated carbocycles. The SMILES string of the molecule is [B]C=NNS(=O)(=O)c1ccc(C)cc1. The van der Waals surface area contributed by atoms with Crippen LogP contribution in [0.4, 0.5) is 0 Å². The minimum absolute atomic E-state index is 0.161. The molecule has 0 saturated heterocycles. The molecule has 1 rings (SSSR count). The van der Waals surface area contributed by atoms with Crippen molar-refractivity contribution < 1.29 is 8.42 Å². The van der Waals surface area contributed by atoms with Gasteiger partial charge in [0.25, 0.3) is 10.0 Å². The molecule has 1 N–H and O–H groups in total. The molecule has 72 valence electrons. The van der Waals surface area contributed by atoms with Gasteiger partial charge in [0, 0.05) is 0 Å². The van der Waals surface area contributed by atoms with Crippen molar-refractivity contribution in [2.45, 2.75) is 11.8 Å². The number of nitrogens with zero attached hydrogens (tertiary/aromatic N) is 1. The van der Waals surface area contributed by atoms with Crippen LogP contribution in [0, 0.1) is 6.92 Å². The summed E-state index contributed by atoms with van der Waals surface area (Å²) in [6, 6.07) is 6.43. The zero-order valence-electron chi connectivity index (χ0n) is 7.64. The third-order valence-corrected chi connectivity index (χ3v) is 2.82. The van der Waals surface area contributed by atoms with E-state index in [9.17, 15) is 8.42 Å². The first-order valence-electron chi connectivity index (χ1n) is 3.88. The number of hydrogen-bond acceptors (Lipinski definition) is 3. The second-order valence-corrected chi connectivity index (χ2v) is 4.35. The van der Waals surface area contributed by atoms with E-state index in [4.69, 9.17) is 7.85 Å². The average molecular weight is 208 g/mol. The summed E-state index contributed by atoms with van der Waals surface area (Å²) in [6.07, 6.45) is 0.881. The molecule has 0 heterocycles. The fourth-order valence-corrected chi connectivity index (χ4v) is 1.67. The Balaban J connectivity index is 2.99. The van der Waals surface area contributed by atoms with Gasteiger partial charge in [-0.25, -0.2) is 4.83 Å². The van der Waals surface area contributed by atoms with Crippen LogP contribution < -0.4 is 4.83 Å². The van der Waals surface area contributed by atoms with Crippen LogP contribution in [-0.2, 0) is 10.0 Å². The largest absolute Gasteiger partial charge is 0.276 e. The molecule has 0 atom stereocenters. The van der Waals surface area contributed by atoms with Gasteiger partial charge in [0.2, 0.25) is 0 Å². The summed E-state index contributed by atoms with van der Waals surface area (Å²) in [7, 11) is 1.35. The van der Waals surface area contributed by atoms with Crippen LogP contribution in [0.3, 0.4) is 0 Å². The number of benzene rings is 1. The normalized spacial score (nSPS) is 11.8. The van der Waals surface area contributed by atoms with Crippen molar-refractivity contribution in [2.24, 2.45) is 5.10 Å². The first kappa shape index (κ1) is 10.8. The molecule has 6 heteroatoms. The summed E-state index contributed by atoms with van der Waals surface area (Å²) in [4.78, 5) is 2.12. The third kappa shape index (κ3) is 2.60.